The van der Waals surface area contributed by atoms with Gasteiger partial charge in [0.1, 0.15) is 35.6 Å². The third-order valence-corrected chi connectivity index (χ3v) is 12.7. The van der Waals surface area contributed by atoms with Gasteiger partial charge in [0.05, 0.1) is 63.8 Å². The third-order valence-electron chi connectivity index (χ3n) is 12.7. The molecule has 5 aromatic rings. The van der Waals surface area contributed by atoms with Crippen LogP contribution < -0.4 is 10.6 Å². The van der Waals surface area contributed by atoms with Crippen molar-refractivity contribution >= 4 is 30.0 Å². The highest BCUT2D eigenvalue weighted by Gasteiger charge is 2.44. The normalized spacial score (nSPS) is 17.8. The molecule has 0 bridgehead atoms. The van der Waals surface area contributed by atoms with Crippen LogP contribution >= 0.6 is 0 Å². The quantitative estimate of drug-likeness (QED) is 0.108. The van der Waals surface area contributed by atoms with Crippen molar-refractivity contribution in [3.63, 3.8) is 0 Å². The fourth-order valence-corrected chi connectivity index (χ4v) is 9.02. The number of carbonyl (C=O) groups is 5. The molecule has 18 heteroatoms. The number of nitrogens with one attached hydrogen (secondary N) is 4. The number of H-pyrrole nitrogens is 2. The Labute approximate surface area is 382 Å². The SMILES string of the molecule is COC(=O)N[C@H](C(=O)N1CCCC1c1ncc(-c2ccc(-c3ccc(-c4cnc(C5CN(C(=O)N6Cc7cccc(F)c7C6)CN5C(=O)[C@@H](NC(=O)OC)C(C)C)[nH]4)cc3)cc2)[nH]1)C(C)C. The molecule has 2 fully saturated rings. The number of hydrogen-bond donors (Lipinski definition) is 4. The number of aromatic amines is 2. The first-order chi connectivity index (χ1) is 31.7. The van der Waals surface area contributed by atoms with Gasteiger partial charge in [-0.1, -0.05) is 88.4 Å². The fourth-order valence-electron chi connectivity index (χ4n) is 9.02. The Bertz CT molecular complexity index is 2590. The number of benzene rings is 3. The Kier molecular flexibility index (Phi) is 13.1. The smallest absolute Gasteiger partial charge is 0.407 e. The number of aromatic nitrogens is 4. The molecule has 66 heavy (non-hydrogen) atoms. The minimum atomic E-state index is -0.935. The van der Waals surface area contributed by atoms with E-state index in [-0.39, 0.29) is 61.9 Å². The van der Waals surface area contributed by atoms with E-state index in [1.165, 1.54) is 20.3 Å². The Balaban J connectivity index is 0.960. The van der Waals surface area contributed by atoms with Gasteiger partial charge in [-0.2, -0.15) is 0 Å². The van der Waals surface area contributed by atoms with Crippen molar-refractivity contribution in [2.45, 2.75) is 77.8 Å². The largest absolute Gasteiger partial charge is 0.453 e. The third kappa shape index (κ3) is 9.17. The molecule has 3 aliphatic heterocycles. The Morgan fingerprint density at radius 2 is 1.20 bits per heavy atom. The lowest BCUT2D eigenvalue weighted by molar-refractivity contribution is -0.136. The highest BCUT2D eigenvalue weighted by molar-refractivity contribution is 5.88. The molecule has 8 rings (SSSR count). The number of imidazole rings is 2. The van der Waals surface area contributed by atoms with Crippen LogP contribution in [0.15, 0.2) is 79.1 Å². The van der Waals surface area contributed by atoms with Crippen molar-refractivity contribution in [2.24, 2.45) is 11.8 Å². The second kappa shape index (κ2) is 19.1. The van der Waals surface area contributed by atoms with Crippen molar-refractivity contribution < 1.29 is 37.8 Å². The second-order valence-electron chi connectivity index (χ2n) is 17.6. The zero-order chi connectivity index (χ0) is 46.8. The number of ether oxygens (including phenoxy) is 2. The van der Waals surface area contributed by atoms with E-state index in [1.54, 1.807) is 44.1 Å². The first-order valence-corrected chi connectivity index (χ1v) is 22.2. The molecule has 2 aromatic heterocycles. The second-order valence-corrected chi connectivity index (χ2v) is 17.6. The summed E-state index contributed by atoms with van der Waals surface area (Å²) in [5.41, 5.74) is 6.52. The van der Waals surface area contributed by atoms with Crippen LogP contribution in [0, 0.1) is 17.7 Å². The number of hydrogen-bond acceptors (Lipinski definition) is 9. The molecule has 5 heterocycles. The number of rotatable bonds is 11. The number of urea groups is 1. The Hall–Kier alpha value is -7.24. The molecule has 0 radical (unpaired) electrons. The van der Waals surface area contributed by atoms with Gasteiger partial charge < -0.3 is 49.7 Å². The van der Waals surface area contributed by atoms with Gasteiger partial charge in [-0.05, 0) is 58.6 Å². The molecular formula is C48H55FN10O7. The van der Waals surface area contributed by atoms with E-state index in [4.69, 9.17) is 14.5 Å². The molecule has 0 spiro atoms. The van der Waals surface area contributed by atoms with Crippen LogP contribution in [0.5, 0.6) is 0 Å². The fraction of sp³-hybridized carbons (Fsp3) is 0.396. The average molecular weight is 903 g/mol. The van der Waals surface area contributed by atoms with Crippen LogP contribution in [0.3, 0.4) is 0 Å². The van der Waals surface area contributed by atoms with Gasteiger partial charge in [0.15, 0.2) is 0 Å². The average Bonchev–Trinajstić information content (AvgIpc) is 4.18. The monoisotopic (exact) mass is 902 g/mol. The first kappa shape index (κ1) is 45.3. The van der Waals surface area contributed by atoms with E-state index in [9.17, 15) is 28.4 Å². The summed E-state index contributed by atoms with van der Waals surface area (Å²) in [5, 5.41) is 5.34. The number of alkyl carbamates (subject to hydrolysis) is 2. The molecule has 4 atom stereocenters. The molecule has 2 saturated heterocycles. The number of amides is 6. The standard InChI is InChI=1S/C48H55FN10O7/c1-27(2)40(54-46(62)65-5)44(60)58-20-8-11-38(58)42-50-21-36(52-42)31-16-12-29(13-17-31)30-14-18-32(19-15-30)37-22-51-43(53-37)39-25-57(26-59(39)45(61)41(28(3)4)55-47(63)66-6)48(64)56-23-33-9-7-10-35(49)34(33)24-56/h7,9-10,12-19,21-22,27-28,38-41H,8,11,20,23-26H2,1-6H3,(H,50,52)(H,51,53)(H,54,62)(H,55,63)/t38?,39?,40-,41-/m0/s1. The molecule has 3 aliphatic rings. The van der Waals surface area contributed by atoms with Crippen LogP contribution in [-0.2, 0) is 32.2 Å². The summed E-state index contributed by atoms with van der Waals surface area (Å²) < 4.78 is 24.2. The van der Waals surface area contributed by atoms with E-state index in [1.807, 2.05) is 76.2 Å². The van der Waals surface area contributed by atoms with Gasteiger partial charge in [0, 0.05) is 18.7 Å². The van der Waals surface area contributed by atoms with Gasteiger partial charge in [-0.15, -0.1) is 0 Å². The number of carbonyl (C=O) groups excluding carboxylic acids is 5. The molecule has 346 valence electrons. The van der Waals surface area contributed by atoms with Gasteiger partial charge >= 0.3 is 18.2 Å². The van der Waals surface area contributed by atoms with Crippen molar-refractivity contribution in [2.75, 3.05) is 34.0 Å². The summed E-state index contributed by atoms with van der Waals surface area (Å²) in [7, 11) is 2.51. The lowest BCUT2D eigenvalue weighted by atomic mass is 10.0. The summed E-state index contributed by atoms with van der Waals surface area (Å²) in [6.45, 7) is 8.40. The summed E-state index contributed by atoms with van der Waals surface area (Å²) in [6, 6.07) is 18.0. The van der Waals surface area contributed by atoms with Crippen LogP contribution in [-0.4, -0.2) is 116 Å². The summed E-state index contributed by atoms with van der Waals surface area (Å²) in [6.07, 6.45) is 3.66. The summed E-state index contributed by atoms with van der Waals surface area (Å²) in [5.74, 6) is -0.192. The van der Waals surface area contributed by atoms with E-state index in [2.05, 4.69) is 25.6 Å². The molecule has 6 amide bonds. The van der Waals surface area contributed by atoms with Gasteiger partial charge in [0.25, 0.3) is 0 Å². The number of methoxy groups -OCH3 is 2. The van der Waals surface area contributed by atoms with E-state index in [0.717, 1.165) is 46.4 Å². The predicted molar refractivity (Wildman–Crippen MR) is 241 cm³/mol. The van der Waals surface area contributed by atoms with Gasteiger partial charge in [-0.3, -0.25) is 9.59 Å². The minimum absolute atomic E-state index is 0.0641. The predicted octanol–water partition coefficient (Wildman–Crippen LogP) is 6.98. The number of likely N-dealkylation sites (tertiary alicyclic amines) is 1. The highest BCUT2D eigenvalue weighted by atomic mass is 19.1. The van der Waals surface area contributed by atoms with E-state index < -0.39 is 36.2 Å². The molecule has 0 aliphatic carbocycles. The van der Waals surface area contributed by atoms with Gasteiger partial charge in [0.2, 0.25) is 11.8 Å². The highest BCUT2D eigenvalue weighted by Crippen LogP contribution is 2.35. The Morgan fingerprint density at radius 3 is 1.71 bits per heavy atom. The van der Waals surface area contributed by atoms with Crippen LogP contribution in [0.25, 0.3) is 33.6 Å². The maximum Gasteiger partial charge on any atom is 0.407 e. The maximum atomic E-state index is 14.6. The minimum Gasteiger partial charge on any atom is -0.453 e. The van der Waals surface area contributed by atoms with Crippen LogP contribution in [0.1, 0.15) is 75.4 Å². The zero-order valence-corrected chi connectivity index (χ0v) is 37.8. The van der Waals surface area contributed by atoms with Gasteiger partial charge in [-0.25, -0.2) is 28.7 Å². The maximum absolute atomic E-state index is 14.6. The number of fused-ring (bicyclic) bond motifs is 1. The molecule has 4 N–H and O–H groups in total. The number of nitrogens with zero attached hydrogens (tertiary/aromatic N) is 6. The number of halogens is 1. The molecule has 3 aromatic carbocycles. The Morgan fingerprint density at radius 1 is 0.682 bits per heavy atom. The summed E-state index contributed by atoms with van der Waals surface area (Å²) >= 11 is 0. The summed E-state index contributed by atoms with van der Waals surface area (Å²) in [4.78, 5) is 88.7. The molecule has 0 saturated carbocycles. The van der Waals surface area contributed by atoms with Crippen LogP contribution in [0.2, 0.25) is 0 Å². The molecule has 2 unspecified atom stereocenters. The topological polar surface area (TPSA) is 198 Å². The van der Waals surface area contributed by atoms with E-state index in [0.29, 0.717) is 29.5 Å². The van der Waals surface area contributed by atoms with Crippen LogP contribution in [0.4, 0.5) is 18.8 Å². The van der Waals surface area contributed by atoms with Crippen molar-refractivity contribution in [3.05, 3.63) is 108 Å². The van der Waals surface area contributed by atoms with E-state index >= 15 is 0 Å². The lowest BCUT2D eigenvalue weighted by Crippen LogP contribution is -2.52. The van der Waals surface area contributed by atoms with Crippen molar-refractivity contribution in [1.82, 2.24) is 50.2 Å². The lowest BCUT2D eigenvalue weighted by Gasteiger charge is -2.30. The molecular weight excluding hydrogens is 848 g/mol. The van der Waals surface area contributed by atoms with Crippen molar-refractivity contribution in [1.29, 1.82) is 0 Å². The zero-order valence-electron chi connectivity index (χ0n) is 37.8. The first-order valence-electron chi connectivity index (χ1n) is 22.2. The van der Waals surface area contributed by atoms with Crippen molar-refractivity contribution in [3.8, 4) is 33.6 Å². The molecule has 17 nitrogen and oxygen atoms in total.